The van der Waals surface area contributed by atoms with E-state index in [1.807, 2.05) is 0 Å². The Hall–Kier alpha value is -2.44. The molecule has 1 N–H and O–H groups in total. The number of hydrogen-bond donors (Lipinski definition) is 1. The summed E-state index contributed by atoms with van der Waals surface area (Å²) in [4.78, 5) is 22.3. The maximum absolute atomic E-state index is 11.5. The molecule has 1 rings (SSSR count). The van der Waals surface area contributed by atoms with E-state index in [4.69, 9.17) is 14.2 Å². The highest BCUT2D eigenvalue weighted by Gasteiger charge is 2.14. The molecule has 1 amide bonds. The van der Waals surface area contributed by atoms with Crippen LogP contribution < -0.4 is 19.5 Å². The molecule has 0 radical (unpaired) electrons. The van der Waals surface area contributed by atoms with Crippen molar-refractivity contribution >= 4 is 12.1 Å². The predicted molar refractivity (Wildman–Crippen MR) is 65.6 cm³/mol. The van der Waals surface area contributed by atoms with Crippen molar-refractivity contribution in [2.75, 3.05) is 27.9 Å². The first-order valence-corrected chi connectivity index (χ1v) is 5.35. The van der Waals surface area contributed by atoms with E-state index < -0.39 is 12.1 Å². The van der Waals surface area contributed by atoms with Crippen LogP contribution in [0.15, 0.2) is 18.2 Å². The third-order valence-electron chi connectivity index (χ3n) is 2.15. The Morgan fingerprint density at radius 1 is 1.11 bits per heavy atom. The molecule has 0 saturated carbocycles. The number of alkyl carbamates (subject to hydrolysis) is 1. The molecule has 0 spiro atoms. The Kier molecular flexibility index (Phi) is 5.46. The molecular formula is C12H15NO6. The average Bonchev–Trinajstić information content (AvgIpc) is 2.44. The first-order valence-electron chi connectivity index (χ1n) is 5.35. The topological polar surface area (TPSA) is 83.1 Å². The van der Waals surface area contributed by atoms with Gasteiger partial charge in [-0.15, -0.1) is 0 Å². The first-order chi connectivity index (χ1) is 9.12. The van der Waals surface area contributed by atoms with E-state index in [-0.39, 0.29) is 12.3 Å². The van der Waals surface area contributed by atoms with E-state index in [9.17, 15) is 9.59 Å². The van der Waals surface area contributed by atoms with E-state index in [1.165, 1.54) is 21.3 Å². The van der Waals surface area contributed by atoms with Crippen LogP contribution in [-0.4, -0.2) is 39.9 Å². The number of ether oxygens (including phenoxy) is 4. The molecule has 7 heteroatoms. The molecule has 1 aromatic carbocycles. The summed E-state index contributed by atoms with van der Waals surface area (Å²) in [6.07, 6.45) is -0.713. The van der Waals surface area contributed by atoms with Crippen molar-refractivity contribution in [3.05, 3.63) is 18.2 Å². The summed E-state index contributed by atoms with van der Waals surface area (Å²) < 4.78 is 19.6. The molecule has 0 aliphatic heterocycles. The van der Waals surface area contributed by atoms with Gasteiger partial charge in [0, 0.05) is 0 Å². The molecular weight excluding hydrogens is 254 g/mol. The second kappa shape index (κ2) is 7.10. The number of carbonyl (C=O) groups excluding carboxylic acids is 2. The number of para-hydroxylation sites is 1. The molecule has 104 valence electrons. The number of benzene rings is 1. The lowest BCUT2D eigenvalue weighted by atomic mass is 10.3. The Morgan fingerprint density at radius 2 is 1.79 bits per heavy atom. The molecule has 0 heterocycles. The van der Waals surface area contributed by atoms with E-state index in [0.29, 0.717) is 11.5 Å². The van der Waals surface area contributed by atoms with Gasteiger partial charge in [0.25, 0.3) is 0 Å². The van der Waals surface area contributed by atoms with Crippen LogP contribution in [0.2, 0.25) is 0 Å². The van der Waals surface area contributed by atoms with Gasteiger partial charge >= 0.3 is 12.1 Å². The van der Waals surface area contributed by atoms with Crippen LogP contribution in [0.1, 0.15) is 0 Å². The molecule has 0 unspecified atom stereocenters. The van der Waals surface area contributed by atoms with Crippen molar-refractivity contribution in [2.24, 2.45) is 0 Å². The molecule has 0 atom stereocenters. The minimum Gasteiger partial charge on any atom is -0.493 e. The minimum atomic E-state index is -0.713. The van der Waals surface area contributed by atoms with Gasteiger partial charge in [0.2, 0.25) is 5.75 Å². The Balaban J connectivity index is 2.71. The molecule has 0 aromatic heterocycles. The van der Waals surface area contributed by atoms with Crippen molar-refractivity contribution < 1.29 is 28.5 Å². The normalized spacial score (nSPS) is 9.42. The molecule has 0 aliphatic carbocycles. The molecule has 0 bridgehead atoms. The highest BCUT2D eigenvalue weighted by atomic mass is 16.6. The molecule has 0 saturated heterocycles. The van der Waals surface area contributed by atoms with Crippen molar-refractivity contribution in [1.29, 1.82) is 0 Å². The van der Waals surface area contributed by atoms with Gasteiger partial charge in [0.1, 0.15) is 6.54 Å². The Labute approximate surface area is 110 Å². The second-order valence-electron chi connectivity index (χ2n) is 3.31. The maximum Gasteiger partial charge on any atom is 0.407 e. The van der Waals surface area contributed by atoms with Crippen LogP contribution in [-0.2, 0) is 9.53 Å². The van der Waals surface area contributed by atoms with Gasteiger partial charge < -0.3 is 24.3 Å². The molecule has 1 aromatic rings. The van der Waals surface area contributed by atoms with Crippen LogP contribution in [0, 0.1) is 0 Å². The zero-order valence-electron chi connectivity index (χ0n) is 10.9. The third kappa shape index (κ3) is 4.06. The summed E-state index contributed by atoms with van der Waals surface area (Å²) in [5.74, 6) is 0.292. The summed E-state index contributed by atoms with van der Waals surface area (Å²) in [6, 6.07) is 4.87. The van der Waals surface area contributed by atoms with Crippen molar-refractivity contribution in [2.45, 2.75) is 0 Å². The number of carbonyl (C=O) groups is 2. The van der Waals surface area contributed by atoms with Gasteiger partial charge in [0.15, 0.2) is 11.5 Å². The van der Waals surface area contributed by atoms with Crippen LogP contribution in [0.5, 0.6) is 17.2 Å². The fourth-order valence-electron chi connectivity index (χ4n) is 1.31. The van der Waals surface area contributed by atoms with Crippen LogP contribution in [0.25, 0.3) is 0 Å². The number of methoxy groups -OCH3 is 3. The van der Waals surface area contributed by atoms with Gasteiger partial charge in [-0.05, 0) is 12.1 Å². The molecule has 0 aliphatic rings. The largest absolute Gasteiger partial charge is 0.493 e. The summed E-state index contributed by atoms with van der Waals surface area (Å²) in [6.45, 7) is -0.312. The Bertz CT molecular complexity index is 460. The quantitative estimate of drug-likeness (QED) is 0.633. The lowest BCUT2D eigenvalue weighted by molar-refractivity contribution is -0.133. The van der Waals surface area contributed by atoms with Gasteiger partial charge in [-0.3, -0.25) is 0 Å². The van der Waals surface area contributed by atoms with Gasteiger partial charge in [0.05, 0.1) is 21.3 Å². The van der Waals surface area contributed by atoms with Crippen molar-refractivity contribution in [3.8, 4) is 17.2 Å². The van der Waals surface area contributed by atoms with Crippen LogP contribution >= 0.6 is 0 Å². The van der Waals surface area contributed by atoms with Gasteiger partial charge in [-0.1, -0.05) is 6.07 Å². The monoisotopic (exact) mass is 269 g/mol. The van der Waals surface area contributed by atoms with Crippen LogP contribution in [0.3, 0.4) is 0 Å². The van der Waals surface area contributed by atoms with E-state index >= 15 is 0 Å². The van der Waals surface area contributed by atoms with E-state index in [1.54, 1.807) is 18.2 Å². The SMILES string of the molecule is COC(=O)NCC(=O)Oc1cccc(OC)c1OC. The minimum absolute atomic E-state index is 0.207. The maximum atomic E-state index is 11.5. The number of esters is 1. The number of nitrogens with one attached hydrogen (secondary N) is 1. The lowest BCUT2D eigenvalue weighted by Crippen LogP contribution is -2.31. The first kappa shape index (κ1) is 14.6. The Morgan fingerprint density at radius 3 is 2.37 bits per heavy atom. The number of amides is 1. The van der Waals surface area contributed by atoms with Gasteiger partial charge in [-0.25, -0.2) is 9.59 Å². The lowest BCUT2D eigenvalue weighted by Gasteiger charge is -2.12. The highest BCUT2D eigenvalue weighted by molar-refractivity contribution is 5.80. The predicted octanol–water partition coefficient (Wildman–Crippen LogP) is 0.965. The molecule has 0 fully saturated rings. The molecule has 19 heavy (non-hydrogen) atoms. The number of rotatable bonds is 5. The zero-order valence-corrected chi connectivity index (χ0v) is 10.9. The summed E-state index contributed by atoms with van der Waals surface area (Å²) >= 11 is 0. The zero-order chi connectivity index (χ0) is 14.3. The average molecular weight is 269 g/mol. The summed E-state index contributed by atoms with van der Waals surface area (Å²) in [5, 5.41) is 2.21. The molecule has 7 nitrogen and oxygen atoms in total. The third-order valence-corrected chi connectivity index (χ3v) is 2.15. The fraction of sp³-hybridized carbons (Fsp3) is 0.333. The van der Waals surface area contributed by atoms with Gasteiger partial charge in [-0.2, -0.15) is 0 Å². The second-order valence-corrected chi connectivity index (χ2v) is 3.31. The van der Waals surface area contributed by atoms with Crippen LogP contribution in [0.4, 0.5) is 4.79 Å². The summed E-state index contributed by atoms with van der Waals surface area (Å²) in [5.41, 5.74) is 0. The van der Waals surface area contributed by atoms with E-state index in [2.05, 4.69) is 10.1 Å². The van der Waals surface area contributed by atoms with Crippen molar-refractivity contribution in [1.82, 2.24) is 5.32 Å². The highest BCUT2D eigenvalue weighted by Crippen LogP contribution is 2.36. The smallest absolute Gasteiger partial charge is 0.407 e. The summed E-state index contributed by atoms with van der Waals surface area (Å²) in [7, 11) is 4.11. The van der Waals surface area contributed by atoms with Crippen molar-refractivity contribution in [3.63, 3.8) is 0 Å². The fourth-order valence-corrected chi connectivity index (χ4v) is 1.31. The van der Waals surface area contributed by atoms with E-state index in [0.717, 1.165) is 0 Å². The number of hydrogen-bond acceptors (Lipinski definition) is 6. The standard InChI is InChI=1S/C12H15NO6/c1-16-8-5-4-6-9(11(8)17-2)19-10(14)7-13-12(15)18-3/h4-6H,7H2,1-3H3,(H,13,15).